The number of nitrogens with two attached hydrogens (primary N) is 1. The van der Waals surface area contributed by atoms with Gasteiger partial charge < -0.3 is 35.8 Å². The van der Waals surface area contributed by atoms with Crippen LogP contribution in [0.2, 0.25) is 0 Å². The number of hydrogen-bond donors (Lipinski definition) is 6. The van der Waals surface area contributed by atoms with Crippen LogP contribution in [-0.4, -0.2) is 94.6 Å². The Labute approximate surface area is 220 Å². The lowest BCUT2D eigenvalue weighted by Gasteiger charge is -2.18. The zero-order valence-corrected chi connectivity index (χ0v) is 21.7. The van der Waals surface area contributed by atoms with Gasteiger partial charge in [-0.15, -0.1) is 0 Å². The molecule has 2 aromatic heterocycles. The molecule has 7 N–H and O–H groups in total. The van der Waals surface area contributed by atoms with Gasteiger partial charge in [0, 0.05) is 17.4 Å². The normalized spacial score (nSPS) is 32.1. The standard InChI is InChI=1S/C20H28N7O9PS/c21-17-14-18(23-7-22-17)27(8-24-14)19-16(30)15(29)10(35-19)5-34-37(32,33)36-12(28)4-2-1-3-11-13-9(6-38-11)25-20(31)26-13/h7-11,13,15-16,19,29-30H,1-6H2,(H,32,33)(H2,21,22,23)(H2,25,26,31)/t9-,10+,11-,13-,15+,16-,19+/m0/s1. The number of nitrogens with one attached hydrogen (secondary N) is 2. The first-order chi connectivity index (χ1) is 18.1. The van der Waals surface area contributed by atoms with E-state index in [1.54, 1.807) is 11.8 Å². The Morgan fingerprint density at radius 2 is 2.08 bits per heavy atom. The van der Waals surface area contributed by atoms with Crippen molar-refractivity contribution in [2.45, 2.75) is 67.6 Å². The summed E-state index contributed by atoms with van der Waals surface area (Å²) in [6.45, 7) is -0.638. The van der Waals surface area contributed by atoms with Gasteiger partial charge in [0.1, 0.15) is 30.2 Å². The summed E-state index contributed by atoms with van der Waals surface area (Å²) in [5.74, 6) is 0.0483. The van der Waals surface area contributed by atoms with E-state index < -0.39 is 44.9 Å². The van der Waals surface area contributed by atoms with Gasteiger partial charge in [0.25, 0.3) is 0 Å². The van der Waals surface area contributed by atoms with Crippen molar-refractivity contribution in [3.63, 3.8) is 0 Å². The third kappa shape index (κ3) is 5.59. The fourth-order valence-corrected chi connectivity index (χ4v) is 7.06. The number of urea groups is 1. The number of rotatable bonds is 10. The maximum atomic E-state index is 12.3. The van der Waals surface area contributed by atoms with E-state index in [1.807, 2.05) is 0 Å². The highest BCUT2D eigenvalue weighted by Crippen LogP contribution is 2.45. The van der Waals surface area contributed by atoms with Crippen LogP contribution in [-0.2, 0) is 23.1 Å². The number of phosphoric acid groups is 1. The molecule has 5 heterocycles. The minimum atomic E-state index is -4.80. The van der Waals surface area contributed by atoms with Crippen LogP contribution in [0.5, 0.6) is 0 Å². The molecule has 0 aliphatic carbocycles. The van der Waals surface area contributed by atoms with Crippen LogP contribution in [0.1, 0.15) is 31.9 Å². The molecule has 3 saturated heterocycles. The summed E-state index contributed by atoms with van der Waals surface area (Å²) in [4.78, 5) is 45.5. The number of carbonyl (C=O) groups is 2. The largest absolute Gasteiger partial charge is 0.529 e. The summed E-state index contributed by atoms with van der Waals surface area (Å²) in [6.07, 6.45) is -0.985. The Bertz CT molecular complexity index is 1250. The van der Waals surface area contributed by atoms with Crippen LogP contribution in [0.4, 0.5) is 10.6 Å². The van der Waals surface area contributed by atoms with Gasteiger partial charge in [-0.1, -0.05) is 6.42 Å². The summed E-state index contributed by atoms with van der Waals surface area (Å²) in [6, 6.07) is 0.0180. The van der Waals surface area contributed by atoms with Crippen molar-refractivity contribution in [2.24, 2.45) is 0 Å². The fraction of sp³-hybridized carbons (Fsp3) is 0.650. The molecule has 5 rings (SSSR count). The molecular weight excluding hydrogens is 545 g/mol. The Morgan fingerprint density at radius 3 is 2.89 bits per heavy atom. The van der Waals surface area contributed by atoms with Gasteiger partial charge in [0.2, 0.25) is 0 Å². The number of phosphoric ester groups is 1. The van der Waals surface area contributed by atoms with Crippen molar-refractivity contribution in [2.75, 3.05) is 18.1 Å². The van der Waals surface area contributed by atoms with Crippen molar-refractivity contribution < 1.29 is 43.0 Å². The van der Waals surface area contributed by atoms with Gasteiger partial charge >= 0.3 is 19.8 Å². The monoisotopic (exact) mass is 573 g/mol. The lowest BCUT2D eigenvalue weighted by Crippen LogP contribution is -2.36. The van der Waals surface area contributed by atoms with E-state index in [9.17, 15) is 29.3 Å². The molecule has 16 nitrogen and oxygen atoms in total. The smallest absolute Gasteiger partial charge is 0.387 e. The molecule has 0 saturated carbocycles. The summed E-state index contributed by atoms with van der Waals surface area (Å²) < 4.78 is 28.8. The van der Waals surface area contributed by atoms with E-state index in [2.05, 4.69) is 30.1 Å². The molecule has 1 unspecified atom stereocenters. The number of aromatic nitrogens is 4. The number of fused-ring (bicyclic) bond motifs is 2. The van der Waals surface area contributed by atoms with E-state index in [0.717, 1.165) is 12.2 Å². The molecular formula is C20H28N7O9PS. The molecule has 38 heavy (non-hydrogen) atoms. The van der Waals surface area contributed by atoms with Crippen LogP contribution in [0.25, 0.3) is 11.2 Å². The Hall–Kier alpha value is -2.53. The average molecular weight is 574 g/mol. The average Bonchev–Trinajstić information content (AvgIpc) is 3.61. The van der Waals surface area contributed by atoms with Gasteiger partial charge in [-0.05, 0) is 12.8 Å². The highest BCUT2D eigenvalue weighted by atomic mass is 32.2. The highest BCUT2D eigenvalue weighted by Gasteiger charge is 2.46. The van der Waals surface area contributed by atoms with E-state index in [4.69, 9.17) is 15.0 Å². The van der Waals surface area contributed by atoms with E-state index in [-0.39, 0.29) is 46.8 Å². The number of thioether (sulfide) groups is 1. The third-order valence-corrected chi connectivity index (χ3v) is 9.09. The first-order valence-electron chi connectivity index (χ1n) is 12.0. The molecule has 3 aliphatic heterocycles. The van der Waals surface area contributed by atoms with Crippen LogP contribution in [0, 0.1) is 0 Å². The second-order valence-electron chi connectivity index (χ2n) is 9.22. The van der Waals surface area contributed by atoms with Gasteiger partial charge in [0.15, 0.2) is 17.7 Å². The van der Waals surface area contributed by atoms with E-state index in [0.29, 0.717) is 12.8 Å². The SMILES string of the molecule is Nc1ncnc2c1ncn2[C@@H]1O[C@H](COP(=O)(O)OC(=O)CCCC[C@@H]2SC[C@@H]3NC(=O)N[C@@H]32)[C@@H](O)[C@@H]1O. The van der Waals surface area contributed by atoms with Gasteiger partial charge in [0.05, 0.1) is 25.0 Å². The summed E-state index contributed by atoms with van der Waals surface area (Å²) in [5, 5.41) is 26.9. The number of aliphatic hydroxyl groups excluding tert-OH is 2. The first kappa shape index (κ1) is 27.1. The Morgan fingerprint density at radius 1 is 1.26 bits per heavy atom. The van der Waals surface area contributed by atoms with Gasteiger partial charge in [-0.2, -0.15) is 11.8 Å². The topological polar surface area (TPSA) is 233 Å². The van der Waals surface area contributed by atoms with E-state index in [1.165, 1.54) is 17.2 Å². The number of nitrogen functional groups attached to an aromatic ring is 1. The molecule has 0 aromatic carbocycles. The zero-order chi connectivity index (χ0) is 27.0. The molecule has 3 aliphatic rings. The molecule has 18 heteroatoms. The number of aliphatic hydroxyl groups is 2. The second-order valence-corrected chi connectivity index (χ2v) is 11.9. The van der Waals surface area contributed by atoms with Crippen molar-refractivity contribution in [1.82, 2.24) is 30.2 Å². The maximum Gasteiger partial charge on any atom is 0.529 e. The number of anilines is 1. The number of hydrogen-bond acceptors (Lipinski definition) is 13. The minimum absolute atomic E-state index is 0.0655. The summed E-state index contributed by atoms with van der Waals surface area (Å²) in [7, 11) is -4.80. The molecule has 3 fully saturated rings. The van der Waals surface area contributed by atoms with Gasteiger partial charge in [-0.25, -0.2) is 24.3 Å². The number of imidazole rings is 1. The highest BCUT2D eigenvalue weighted by molar-refractivity contribution is 8.00. The maximum absolute atomic E-state index is 12.3. The number of amides is 2. The summed E-state index contributed by atoms with van der Waals surface area (Å²) in [5.41, 5.74) is 6.30. The Kier molecular flexibility index (Phi) is 7.77. The van der Waals surface area contributed by atoms with Crippen molar-refractivity contribution in [1.29, 1.82) is 0 Å². The molecule has 2 aromatic rings. The molecule has 0 bridgehead atoms. The van der Waals surface area contributed by atoms with Crippen molar-refractivity contribution >= 4 is 48.6 Å². The minimum Gasteiger partial charge on any atom is -0.387 e. The van der Waals surface area contributed by atoms with Crippen LogP contribution in [0.15, 0.2) is 12.7 Å². The first-order valence-corrected chi connectivity index (χ1v) is 14.5. The van der Waals surface area contributed by atoms with Gasteiger partial charge in [-0.3, -0.25) is 18.8 Å². The zero-order valence-electron chi connectivity index (χ0n) is 20.0. The van der Waals surface area contributed by atoms with E-state index >= 15 is 0 Å². The third-order valence-electron chi connectivity index (χ3n) is 6.68. The van der Waals surface area contributed by atoms with Crippen molar-refractivity contribution in [3.05, 3.63) is 12.7 Å². The molecule has 2 amide bonds. The fourth-order valence-electron chi connectivity index (χ4n) is 4.78. The molecule has 208 valence electrons. The lowest BCUT2D eigenvalue weighted by molar-refractivity contribution is -0.136. The van der Waals surface area contributed by atoms with Crippen LogP contribution < -0.4 is 16.4 Å². The second kappa shape index (κ2) is 10.9. The summed E-state index contributed by atoms with van der Waals surface area (Å²) >= 11 is 1.76. The Balaban J connectivity index is 1.06. The number of unbranched alkanes of at least 4 members (excludes halogenated alkanes) is 1. The quantitative estimate of drug-likeness (QED) is 0.119. The number of nitrogens with zero attached hydrogens (tertiary/aromatic N) is 4. The molecule has 0 spiro atoms. The van der Waals surface area contributed by atoms with Crippen molar-refractivity contribution in [3.8, 4) is 0 Å². The number of ether oxygens (including phenoxy) is 1. The molecule has 8 atom stereocenters. The van der Waals surface area contributed by atoms with Crippen LogP contribution >= 0.6 is 19.6 Å². The predicted octanol–water partition coefficient (Wildman–Crippen LogP) is -0.586. The number of carbonyl (C=O) groups excluding carboxylic acids is 2. The predicted molar refractivity (Wildman–Crippen MR) is 131 cm³/mol. The van der Waals surface area contributed by atoms with Crippen LogP contribution in [0.3, 0.4) is 0 Å². The molecule has 0 radical (unpaired) electrons. The lowest BCUT2D eigenvalue weighted by atomic mass is 10.0.